The van der Waals surface area contributed by atoms with E-state index in [1.54, 1.807) is 26.8 Å². The van der Waals surface area contributed by atoms with Gasteiger partial charge < -0.3 is 0 Å². The van der Waals surface area contributed by atoms with Crippen molar-refractivity contribution in [2.24, 2.45) is 0 Å². The Bertz CT molecular complexity index is 514. The fourth-order valence-corrected chi connectivity index (χ4v) is 1.55. The van der Waals surface area contributed by atoms with Crippen LogP contribution in [-0.4, -0.2) is 17.9 Å². The maximum atomic E-state index is 11.7. The number of allylic oxidation sites excluding steroid dienone is 8. The molecule has 0 atom stereocenters. The zero-order valence-electron chi connectivity index (χ0n) is 10.8. The Hall–Kier alpha value is -2.03. The van der Waals surface area contributed by atoms with Crippen molar-refractivity contribution in [1.82, 2.24) is 0 Å². The molecule has 18 heavy (non-hydrogen) atoms. The first-order valence-corrected chi connectivity index (χ1v) is 5.73. The molecular formula is C15H16O3. The molecule has 0 heterocycles. The highest BCUT2D eigenvalue weighted by atomic mass is 16.1. The van der Waals surface area contributed by atoms with Crippen LogP contribution in [-0.2, 0) is 14.4 Å². The fourth-order valence-electron chi connectivity index (χ4n) is 1.55. The summed E-state index contributed by atoms with van der Waals surface area (Å²) >= 11 is 0. The molecule has 0 saturated heterocycles. The largest absolute Gasteiger partial charge is 0.298 e. The van der Waals surface area contributed by atoms with Gasteiger partial charge in [-0.1, -0.05) is 12.2 Å². The van der Waals surface area contributed by atoms with Gasteiger partial charge in [-0.25, -0.2) is 0 Å². The molecule has 0 bridgehead atoms. The Labute approximate surface area is 107 Å². The minimum Gasteiger partial charge on any atom is -0.298 e. The predicted octanol–water partition coefficient (Wildman–Crippen LogP) is 2.49. The summed E-state index contributed by atoms with van der Waals surface area (Å²) < 4.78 is 0. The predicted molar refractivity (Wildman–Crippen MR) is 70.0 cm³/mol. The minimum atomic E-state index is -0.142. The lowest BCUT2D eigenvalue weighted by atomic mass is 9.93. The lowest BCUT2D eigenvalue weighted by Crippen LogP contribution is -2.12. The first kappa shape index (κ1) is 14.0. The molecule has 0 radical (unpaired) electrons. The normalized spacial score (nSPS) is 17.5. The maximum Gasteiger partial charge on any atom is 0.186 e. The van der Waals surface area contributed by atoms with Crippen molar-refractivity contribution in [3.05, 3.63) is 46.6 Å². The average Bonchev–Trinajstić information content (AvgIpc) is 2.33. The maximum absolute atomic E-state index is 11.7. The van der Waals surface area contributed by atoms with E-state index in [1.165, 1.54) is 12.2 Å². The molecule has 3 nitrogen and oxygen atoms in total. The van der Waals surface area contributed by atoms with Gasteiger partial charge in [0.15, 0.2) is 11.6 Å². The Morgan fingerprint density at radius 2 is 1.78 bits per heavy atom. The number of hydrogen-bond donors (Lipinski definition) is 0. The van der Waals surface area contributed by atoms with Gasteiger partial charge in [0, 0.05) is 11.1 Å². The lowest BCUT2D eigenvalue weighted by molar-refractivity contribution is -0.115. The smallest absolute Gasteiger partial charge is 0.186 e. The number of ketones is 2. The fraction of sp³-hybridized carbons (Fsp3) is 0.267. The van der Waals surface area contributed by atoms with Crippen molar-refractivity contribution < 1.29 is 14.4 Å². The van der Waals surface area contributed by atoms with Crippen LogP contribution in [0.2, 0.25) is 0 Å². The van der Waals surface area contributed by atoms with Gasteiger partial charge in [0.05, 0.1) is 0 Å². The van der Waals surface area contributed by atoms with Gasteiger partial charge in [0.2, 0.25) is 0 Å². The van der Waals surface area contributed by atoms with Gasteiger partial charge in [-0.3, -0.25) is 14.4 Å². The quantitative estimate of drug-likeness (QED) is 0.433. The third kappa shape index (κ3) is 3.48. The molecule has 0 aromatic rings. The van der Waals surface area contributed by atoms with Crippen LogP contribution >= 0.6 is 0 Å². The summed E-state index contributed by atoms with van der Waals surface area (Å²) in [7, 11) is 0. The third-order valence-corrected chi connectivity index (χ3v) is 2.75. The van der Waals surface area contributed by atoms with Gasteiger partial charge in [0.1, 0.15) is 6.29 Å². The Morgan fingerprint density at radius 3 is 2.39 bits per heavy atom. The van der Waals surface area contributed by atoms with E-state index in [2.05, 4.69) is 0 Å². The van der Waals surface area contributed by atoms with E-state index < -0.39 is 0 Å². The molecule has 0 aromatic carbocycles. The van der Waals surface area contributed by atoms with Crippen LogP contribution in [0.25, 0.3) is 0 Å². The van der Waals surface area contributed by atoms with Crippen LogP contribution in [0.1, 0.15) is 27.2 Å². The Balaban J connectivity index is 2.85. The topological polar surface area (TPSA) is 51.2 Å². The molecule has 0 saturated carbocycles. The second-order valence-electron chi connectivity index (χ2n) is 4.30. The van der Waals surface area contributed by atoms with Gasteiger partial charge >= 0.3 is 0 Å². The van der Waals surface area contributed by atoms with E-state index in [4.69, 9.17) is 0 Å². The van der Waals surface area contributed by atoms with E-state index in [1.807, 2.05) is 6.08 Å². The minimum absolute atomic E-state index is 0.128. The van der Waals surface area contributed by atoms with Crippen LogP contribution in [0.15, 0.2) is 46.6 Å². The molecule has 0 amide bonds. The summed E-state index contributed by atoms with van der Waals surface area (Å²) in [5.41, 5.74) is 2.30. The van der Waals surface area contributed by atoms with E-state index in [9.17, 15) is 14.4 Å². The highest BCUT2D eigenvalue weighted by Gasteiger charge is 2.17. The first-order valence-electron chi connectivity index (χ1n) is 5.73. The molecule has 1 aliphatic carbocycles. The van der Waals surface area contributed by atoms with Crippen molar-refractivity contribution in [3.8, 4) is 0 Å². The molecule has 1 rings (SSSR count). The van der Waals surface area contributed by atoms with Crippen LogP contribution in [0, 0.1) is 0 Å². The van der Waals surface area contributed by atoms with Crippen molar-refractivity contribution in [2.75, 3.05) is 0 Å². The van der Waals surface area contributed by atoms with E-state index in [0.717, 1.165) is 11.9 Å². The summed E-state index contributed by atoms with van der Waals surface area (Å²) in [6.45, 7) is 5.13. The molecule has 0 aromatic heterocycles. The number of rotatable bonds is 4. The van der Waals surface area contributed by atoms with Crippen LogP contribution < -0.4 is 0 Å². The number of carbonyl (C=O) groups excluding carboxylic acids is 3. The number of hydrogen-bond acceptors (Lipinski definition) is 3. The summed E-state index contributed by atoms with van der Waals surface area (Å²) in [4.78, 5) is 33.6. The highest BCUT2D eigenvalue weighted by molar-refractivity contribution is 6.21. The zero-order valence-corrected chi connectivity index (χ0v) is 10.8. The third-order valence-electron chi connectivity index (χ3n) is 2.75. The van der Waals surface area contributed by atoms with Crippen molar-refractivity contribution in [2.45, 2.75) is 27.2 Å². The van der Waals surface area contributed by atoms with Crippen molar-refractivity contribution in [3.63, 3.8) is 0 Å². The van der Waals surface area contributed by atoms with Gasteiger partial charge in [-0.05, 0) is 50.5 Å². The second kappa shape index (κ2) is 6.05. The molecule has 0 unspecified atom stereocenters. The zero-order chi connectivity index (χ0) is 13.7. The summed E-state index contributed by atoms with van der Waals surface area (Å²) in [6.07, 6.45) is 7.69. The van der Waals surface area contributed by atoms with E-state index in [0.29, 0.717) is 23.1 Å². The molecule has 0 aliphatic heterocycles. The average molecular weight is 244 g/mol. The SMILES string of the molecule is CC1=CC(=O)C(/C(C)=C/C/C=C(\C)C=O)=CC1=O. The monoisotopic (exact) mass is 244 g/mol. The van der Waals surface area contributed by atoms with E-state index >= 15 is 0 Å². The van der Waals surface area contributed by atoms with Crippen LogP contribution in [0.4, 0.5) is 0 Å². The highest BCUT2D eigenvalue weighted by Crippen LogP contribution is 2.18. The van der Waals surface area contributed by atoms with E-state index in [-0.39, 0.29) is 11.6 Å². The summed E-state index contributed by atoms with van der Waals surface area (Å²) in [5.74, 6) is -0.270. The molecular weight excluding hydrogens is 228 g/mol. The molecule has 0 fully saturated rings. The molecule has 0 N–H and O–H groups in total. The van der Waals surface area contributed by atoms with Crippen LogP contribution in [0.5, 0.6) is 0 Å². The Kier molecular flexibility index (Phi) is 4.72. The molecule has 1 aliphatic rings. The standard InChI is InChI=1S/C15H16O3/c1-10(9-16)5-4-6-11(2)13-8-14(17)12(3)7-15(13)18/h5-9H,4H2,1-3H3/b10-5+,11-6+. The first-order chi connectivity index (χ1) is 8.45. The molecule has 94 valence electrons. The van der Waals surface area contributed by atoms with Gasteiger partial charge in [-0.2, -0.15) is 0 Å². The number of carbonyl (C=O) groups is 3. The molecule has 3 heteroatoms. The summed E-state index contributed by atoms with van der Waals surface area (Å²) in [6, 6.07) is 0. The van der Waals surface area contributed by atoms with Gasteiger partial charge in [0.25, 0.3) is 0 Å². The van der Waals surface area contributed by atoms with Gasteiger partial charge in [-0.15, -0.1) is 0 Å². The summed E-state index contributed by atoms with van der Waals surface area (Å²) in [5, 5.41) is 0. The van der Waals surface area contributed by atoms with Crippen molar-refractivity contribution in [1.29, 1.82) is 0 Å². The molecule has 0 spiro atoms. The number of aldehydes is 1. The van der Waals surface area contributed by atoms with Crippen molar-refractivity contribution >= 4 is 17.9 Å². The Morgan fingerprint density at radius 1 is 1.11 bits per heavy atom. The lowest BCUT2D eigenvalue weighted by Gasteiger charge is -2.09. The van der Waals surface area contributed by atoms with Crippen LogP contribution in [0.3, 0.4) is 0 Å². The second-order valence-corrected chi connectivity index (χ2v) is 4.30.